The molecule has 0 saturated heterocycles. The number of halogens is 1. The van der Waals surface area contributed by atoms with Gasteiger partial charge >= 0.3 is 0 Å². The van der Waals surface area contributed by atoms with Crippen molar-refractivity contribution < 1.29 is 14.7 Å². The molecule has 5 heteroatoms. The zero-order valence-electron chi connectivity index (χ0n) is 11.4. The third-order valence-electron chi connectivity index (χ3n) is 2.90. The van der Waals surface area contributed by atoms with E-state index in [0.29, 0.717) is 17.1 Å². The van der Waals surface area contributed by atoms with E-state index in [1.54, 1.807) is 24.3 Å². The van der Waals surface area contributed by atoms with Crippen molar-refractivity contribution in [2.45, 2.75) is 32.1 Å². The first-order chi connectivity index (χ1) is 9.63. The van der Waals surface area contributed by atoms with Crippen LogP contribution < -0.4 is 5.32 Å². The molecule has 0 aliphatic carbocycles. The van der Waals surface area contributed by atoms with Crippen molar-refractivity contribution in [3.05, 3.63) is 34.9 Å². The van der Waals surface area contributed by atoms with E-state index >= 15 is 0 Å². The van der Waals surface area contributed by atoms with Crippen LogP contribution in [-0.4, -0.2) is 29.9 Å². The van der Waals surface area contributed by atoms with Gasteiger partial charge in [-0.3, -0.25) is 9.59 Å². The summed E-state index contributed by atoms with van der Waals surface area (Å²) in [5.41, 5.74) is 0.574. The number of hydrogen-bond donors (Lipinski definition) is 2. The molecule has 0 unspecified atom stereocenters. The summed E-state index contributed by atoms with van der Waals surface area (Å²) in [5, 5.41) is 12.0. The van der Waals surface area contributed by atoms with E-state index in [1.807, 2.05) is 0 Å². The quantitative estimate of drug-likeness (QED) is 0.544. The van der Waals surface area contributed by atoms with Crippen LogP contribution in [0.4, 0.5) is 0 Å². The van der Waals surface area contributed by atoms with Gasteiger partial charge in [0.1, 0.15) is 0 Å². The molecule has 20 heavy (non-hydrogen) atoms. The number of nitrogens with one attached hydrogen (secondary N) is 1. The monoisotopic (exact) mass is 297 g/mol. The summed E-state index contributed by atoms with van der Waals surface area (Å²) in [6.07, 6.45) is 2.88. The van der Waals surface area contributed by atoms with Crippen LogP contribution in [0, 0.1) is 0 Å². The van der Waals surface area contributed by atoms with Crippen LogP contribution in [0.1, 0.15) is 42.5 Å². The van der Waals surface area contributed by atoms with Crippen LogP contribution >= 0.6 is 11.6 Å². The fourth-order valence-corrected chi connectivity index (χ4v) is 1.86. The predicted octanol–water partition coefficient (Wildman–Crippen LogP) is 2.58. The van der Waals surface area contributed by atoms with E-state index < -0.39 is 0 Å². The van der Waals surface area contributed by atoms with Crippen molar-refractivity contribution >= 4 is 23.3 Å². The lowest BCUT2D eigenvalue weighted by atomic mass is 10.1. The average molecular weight is 298 g/mol. The Hall–Kier alpha value is -1.39. The molecular weight excluding hydrogens is 278 g/mol. The molecule has 1 aromatic carbocycles. The van der Waals surface area contributed by atoms with E-state index in [-0.39, 0.29) is 31.1 Å². The van der Waals surface area contributed by atoms with Crippen LogP contribution in [0.2, 0.25) is 5.02 Å². The third kappa shape index (κ3) is 6.68. The summed E-state index contributed by atoms with van der Waals surface area (Å²) in [4.78, 5) is 23.4. The summed E-state index contributed by atoms with van der Waals surface area (Å²) < 4.78 is 0. The van der Waals surface area contributed by atoms with Crippen molar-refractivity contribution in [3.63, 3.8) is 0 Å². The molecule has 1 rings (SSSR count). The maximum Gasteiger partial charge on any atom is 0.220 e. The second kappa shape index (κ2) is 9.50. The molecule has 1 amide bonds. The highest BCUT2D eigenvalue weighted by atomic mass is 35.5. The molecule has 110 valence electrons. The Morgan fingerprint density at radius 2 is 1.75 bits per heavy atom. The van der Waals surface area contributed by atoms with Crippen molar-refractivity contribution in [1.82, 2.24) is 5.32 Å². The Morgan fingerprint density at radius 3 is 2.40 bits per heavy atom. The lowest BCUT2D eigenvalue weighted by Gasteiger charge is -2.05. The van der Waals surface area contributed by atoms with Gasteiger partial charge < -0.3 is 10.4 Å². The lowest BCUT2D eigenvalue weighted by molar-refractivity contribution is -0.121. The van der Waals surface area contributed by atoms with E-state index in [4.69, 9.17) is 16.7 Å². The van der Waals surface area contributed by atoms with Gasteiger partial charge in [0, 0.05) is 36.6 Å². The van der Waals surface area contributed by atoms with Gasteiger partial charge in [-0.2, -0.15) is 0 Å². The second-order valence-corrected chi connectivity index (χ2v) is 5.00. The zero-order chi connectivity index (χ0) is 14.8. The number of unbranched alkanes of at least 4 members (excludes halogenated alkanes) is 2. The highest BCUT2D eigenvalue weighted by molar-refractivity contribution is 6.30. The molecule has 0 saturated carbocycles. The largest absolute Gasteiger partial charge is 0.396 e. The molecule has 0 aliphatic rings. The summed E-state index contributed by atoms with van der Waals surface area (Å²) in [7, 11) is 0. The van der Waals surface area contributed by atoms with Crippen LogP contribution in [0.3, 0.4) is 0 Å². The topological polar surface area (TPSA) is 66.4 Å². The van der Waals surface area contributed by atoms with Gasteiger partial charge in [0.15, 0.2) is 5.78 Å². The maximum absolute atomic E-state index is 11.8. The van der Waals surface area contributed by atoms with Crippen LogP contribution in [0.15, 0.2) is 24.3 Å². The second-order valence-electron chi connectivity index (χ2n) is 4.56. The minimum atomic E-state index is -0.115. The predicted molar refractivity (Wildman–Crippen MR) is 79.0 cm³/mol. The Labute approximate surface area is 124 Å². The molecule has 4 nitrogen and oxygen atoms in total. The number of aliphatic hydroxyl groups is 1. The van der Waals surface area contributed by atoms with E-state index in [1.165, 1.54) is 0 Å². The van der Waals surface area contributed by atoms with Crippen molar-refractivity contribution in [3.8, 4) is 0 Å². The third-order valence-corrected chi connectivity index (χ3v) is 3.15. The Morgan fingerprint density at radius 1 is 1.05 bits per heavy atom. The maximum atomic E-state index is 11.8. The number of ketones is 1. The summed E-state index contributed by atoms with van der Waals surface area (Å²) in [6, 6.07) is 6.65. The number of carbonyl (C=O) groups excluding carboxylic acids is 2. The first-order valence-electron chi connectivity index (χ1n) is 6.80. The molecular formula is C15H20ClNO3. The Balaban J connectivity index is 2.20. The van der Waals surface area contributed by atoms with Crippen molar-refractivity contribution in [1.29, 1.82) is 0 Å². The molecule has 0 aromatic heterocycles. The van der Waals surface area contributed by atoms with Gasteiger partial charge in [-0.25, -0.2) is 0 Å². The molecule has 0 atom stereocenters. The fourth-order valence-electron chi connectivity index (χ4n) is 1.74. The van der Waals surface area contributed by atoms with Gasteiger partial charge in [-0.15, -0.1) is 0 Å². The molecule has 1 aromatic rings. The van der Waals surface area contributed by atoms with Crippen molar-refractivity contribution in [2.75, 3.05) is 13.2 Å². The minimum absolute atomic E-state index is 0.0582. The molecule has 0 radical (unpaired) electrons. The summed E-state index contributed by atoms with van der Waals surface area (Å²) >= 11 is 5.75. The highest BCUT2D eigenvalue weighted by Crippen LogP contribution is 2.11. The fraction of sp³-hybridized carbons (Fsp3) is 0.467. The molecule has 0 bridgehead atoms. The van der Waals surface area contributed by atoms with E-state index in [9.17, 15) is 9.59 Å². The zero-order valence-corrected chi connectivity index (χ0v) is 12.2. The smallest absolute Gasteiger partial charge is 0.220 e. The number of Topliss-reactive ketones (excluding diaryl/α,β-unsaturated/α-hetero) is 1. The van der Waals surface area contributed by atoms with Crippen LogP contribution in [0.5, 0.6) is 0 Å². The average Bonchev–Trinajstić information content (AvgIpc) is 2.45. The first kappa shape index (κ1) is 16.7. The van der Waals surface area contributed by atoms with Gasteiger partial charge in [0.2, 0.25) is 5.91 Å². The Bertz CT molecular complexity index is 431. The first-order valence-corrected chi connectivity index (χ1v) is 7.17. The SMILES string of the molecule is O=C(CCC(=O)c1ccc(Cl)cc1)NCCCCCO. The van der Waals surface area contributed by atoms with Gasteiger partial charge in [-0.05, 0) is 43.5 Å². The molecule has 0 aliphatic heterocycles. The summed E-state index contributed by atoms with van der Waals surface area (Å²) in [5.74, 6) is -0.173. The Kier molecular flexibility index (Phi) is 7.92. The minimum Gasteiger partial charge on any atom is -0.396 e. The number of aliphatic hydroxyl groups excluding tert-OH is 1. The van der Waals surface area contributed by atoms with E-state index in [2.05, 4.69) is 5.32 Å². The highest BCUT2D eigenvalue weighted by Gasteiger charge is 2.08. The van der Waals surface area contributed by atoms with Gasteiger partial charge in [0.05, 0.1) is 0 Å². The number of hydrogen-bond acceptors (Lipinski definition) is 3. The standard InChI is InChI=1S/C15H20ClNO3/c16-13-6-4-12(5-7-13)14(19)8-9-15(20)17-10-2-1-3-11-18/h4-7,18H,1-3,8-11H2,(H,17,20). The number of amides is 1. The molecule has 0 fully saturated rings. The number of benzene rings is 1. The molecule has 0 spiro atoms. The number of rotatable bonds is 9. The molecule has 2 N–H and O–H groups in total. The molecule has 0 heterocycles. The number of carbonyl (C=O) groups is 2. The normalized spacial score (nSPS) is 10.3. The lowest BCUT2D eigenvalue weighted by Crippen LogP contribution is -2.24. The van der Waals surface area contributed by atoms with Crippen LogP contribution in [-0.2, 0) is 4.79 Å². The van der Waals surface area contributed by atoms with Crippen molar-refractivity contribution in [2.24, 2.45) is 0 Å². The van der Waals surface area contributed by atoms with Gasteiger partial charge in [-0.1, -0.05) is 11.6 Å². The summed E-state index contributed by atoms with van der Waals surface area (Å²) in [6.45, 7) is 0.775. The van der Waals surface area contributed by atoms with E-state index in [0.717, 1.165) is 19.3 Å². The van der Waals surface area contributed by atoms with Crippen LogP contribution in [0.25, 0.3) is 0 Å². The van der Waals surface area contributed by atoms with Gasteiger partial charge in [0.25, 0.3) is 0 Å².